The summed E-state index contributed by atoms with van der Waals surface area (Å²) in [6, 6.07) is 7.89. The minimum atomic E-state index is 0.596. The Morgan fingerprint density at radius 3 is 2.53 bits per heavy atom. The maximum Gasteiger partial charge on any atom is 0.119 e. The molecule has 0 heterocycles. The molecule has 0 saturated carbocycles. The highest BCUT2D eigenvalue weighted by Gasteiger charge is 1.93. The Morgan fingerprint density at radius 2 is 1.93 bits per heavy atom. The van der Waals surface area contributed by atoms with E-state index < -0.39 is 0 Å². The highest BCUT2D eigenvalue weighted by molar-refractivity contribution is 5.50. The number of ether oxygens (including phenoxy) is 2. The van der Waals surface area contributed by atoms with Gasteiger partial charge in [0.2, 0.25) is 0 Å². The van der Waals surface area contributed by atoms with Gasteiger partial charge in [-0.25, -0.2) is 0 Å². The van der Waals surface area contributed by atoms with Crippen molar-refractivity contribution in [2.75, 3.05) is 19.8 Å². The van der Waals surface area contributed by atoms with Crippen molar-refractivity contribution in [2.24, 2.45) is 0 Å². The van der Waals surface area contributed by atoms with Crippen LogP contribution in [0.1, 0.15) is 12.5 Å². The van der Waals surface area contributed by atoms with Gasteiger partial charge in [0.15, 0.2) is 0 Å². The van der Waals surface area contributed by atoms with E-state index in [-0.39, 0.29) is 0 Å². The van der Waals surface area contributed by atoms with E-state index in [4.69, 9.17) is 9.47 Å². The predicted octanol–water partition coefficient (Wildman–Crippen LogP) is 2.95. The molecule has 81 valence electrons. The molecule has 2 nitrogen and oxygen atoms in total. The molecule has 0 saturated heterocycles. The standard InChI is InChI=1S/C13H17O2/c1-3-5-12-6-8-13(9-7-12)15-11-10-14-4-2/h3,5-9H,1,4,10-11H2,2H3/b5-3+. The van der Waals surface area contributed by atoms with Gasteiger partial charge in [-0.15, -0.1) is 0 Å². The number of hydrogen-bond acceptors (Lipinski definition) is 2. The second-order valence-electron chi connectivity index (χ2n) is 3.02. The quantitative estimate of drug-likeness (QED) is 0.665. The molecular weight excluding hydrogens is 188 g/mol. The Morgan fingerprint density at radius 1 is 1.20 bits per heavy atom. The summed E-state index contributed by atoms with van der Waals surface area (Å²) in [5.74, 6) is 0.871. The molecule has 0 aliphatic carbocycles. The Labute approximate surface area is 91.5 Å². The molecule has 1 radical (unpaired) electrons. The smallest absolute Gasteiger partial charge is 0.119 e. The van der Waals surface area contributed by atoms with Crippen LogP contribution in [0.25, 0.3) is 6.08 Å². The summed E-state index contributed by atoms with van der Waals surface area (Å²) >= 11 is 0. The van der Waals surface area contributed by atoms with Gasteiger partial charge in [0.1, 0.15) is 12.4 Å². The van der Waals surface area contributed by atoms with Crippen molar-refractivity contribution < 1.29 is 9.47 Å². The minimum absolute atomic E-state index is 0.596. The molecule has 0 bridgehead atoms. The molecule has 15 heavy (non-hydrogen) atoms. The predicted molar refractivity (Wildman–Crippen MR) is 62.8 cm³/mol. The topological polar surface area (TPSA) is 18.5 Å². The van der Waals surface area contributed by atoms with Crippen molar-refractivity contribution in [3.8, 4) is 5.75 Å². The van der Waals surface area contributed by atoms with Crippen molar-refractivity contribution in [1.82, 2.24) is 0 Å². The third kappa shape index (κ3) is 4.66. The molecule has 0 aliphatic rings. The lowest BCUT2D eigenvalue weighted by Crippen LogP contribution is -2.06. The molecule has 1 rings (SSSR count). The van der Waals surface area contributed by atoms with Gasteiger partial charge in [-0.3, -0.25) is 0 Å². The highest BCUT2D eigenvalue weighted by Crippen LogP contribution is 2.12. The fourth-order valence-electron chi connectivity index (χ4n) is 1.17. The van der Waals surface area contributed by atoms with Gasteiger partial charge in [-0.1, -0.05) is 24.3 Å². The molecule has 0 N–H and O–H groups in total. The Bertz CT molecular complexity index is 288. The molecule has 0 amide bonds. The molecule has 2 heteroatoms. The van der Waals surface area contributed by atoms with Gasteiger partial charge in [0, 0.05) is 6.61 Å². The zero-order valence-corrected chi connectivity index (χ0v) is 9.11. The van der Waals surface area contributed by atoms with Gasteiger partial charge in [-0.2, -0.15) is 0 Å². The van der Waals surface area contributed by atoms with Crippen LogP contribution in [-0.2, 0) is 4.74 Å². The zero-order valence-electron chi connectivity index (χ0n) is 9.11. The molecule has 0 aromatic heterocycles. The first kappa shape index (κ1) is 11.8. The first-order valence-electron chi connectivity index (χ1n) is 5.13. The van der Waals surface area contributed by atoms with Gasteiger partial charge in [0.05, 0.1) is 6.61 Å². The van der Waals surface area contributed by atoms with Crippen molar-refractivity contribution in [2.45, 2.75) is 6.92 Å². The average Bonchev–Trinajstić information content (AvgIpc) is 2.27. The molecule has 1 aromatic carbocycles. The van der Waals surface area contributed by atoms with Crippen LogP contribution in [0.4, 0.5) is 0 Å². The normalized spacial score (nSPS) is 10.8. The van der Waals surface area contributed by atoms with Crippen LogP contribution < -0.4 is 4.74 Å². The SMILES string of the molecule is [CH2]/C=C/c1ccc(OCCOCC)cc1. The Hall–Kier alpha value is -1.28. The van der Waals surface area contributed by atoms with E-state index in [1.807, 2.05) is 37.3 Å². The first-order chi connectivity index (χ1) is 7.36. The lowest BCUT2D eigenvalue weighted by Gasteiger charge is -2.06. The second-order valence-corrected chi connectivity index (χ2v) is 3.02. The Balaban J connectivity index is 2.36. The largest absolute Gasteiger partial charge is 0.491 e. The highest BCUT2D eigenvalue weighted by atomic mass is 16.5. The van der Waals surface area contributed by atoms with E-state index in [9.17, 15) is 0 Å². The van der Waals surface area contributed by atoms with E-state index in [0.29, 0.717) is 13.2 Å². The van der Waals surface area contributed by atoms with Gasteiger partial charge in [0.25, 0.3) is 0 Å². The summed E-state index contributed by atoms with van der Waals surface area (Å²) in [5.41, 5.74) is 1.13. The number of allylic oxidation sites excluding steroid dienone is 1. The van der Waals surface area contributed by atoms with Crippen molar-refractivity contribution in [3.05, 3.63) is 42.8 Å². The average molecular weight is 205 g/mol. The van der Waals surface area contributed by atoms with Crippen LogP contribution in [0.5, 0.6) is 5.75 Å². The van der Waals surface area contributed by atoms with Crippen LogP contribution in [0, 0.1) is 6.92 Å². The molecule has 1 aromatic rings. The summed E-state index contributed by atoms with van der Waals surface area (Å²) in [5, 5.41) is 0. The first-order valence-corrected chi connectivity index (χ1v) is 5.13. The van der Waals surface area contributed by atoms with E-state index in [2.05, 4.69) is 6.92 Å². The molecule has 0 fully saturated rings. The second kappa shape index (κ2) is 7.07. The summed E-state index contributed by atoms with van der Waals surface area (Å²) < 4.78 is 10.6. The van der Waals surface area contributed by atoms with Gasteiger partial charge < -0.3 is 9.47 Å². The van der Waals surface area contributed by atoms with Crippen LogP contribution in [-0.4, -0.2) is 19.8 Å². The van der Waals surface area contributed by atoms with E-state index >= 15 is 0 Å². The summed E-state index contributed by atoms with van der Waals surface area (Å²) in [6.45, 7) is 7.58. The third-order valence-corrected chi connectivity index (χ3v) is 1.89. The van der Waals surface area contributed by atoms with Gasteiger partial charge >= 0.3 is 0 Å². The number of benzene rings is 1. The molecule has 0 spiro atoms. The number of rotatable bonds is 6. The van der Waals surface area contributed by atoms with E-state index in [0.717, 1.165) is 17.9 Å². The van der Waals surface area contributed by atoms with Crippen LogP contribution in [0.2, 0.25) is 0 Å². The van der Waals surface area contributed by atoms with E-state index in [1.165, 1.54) is 0 Å². The van der Waals surface area contributed by atoms with Crippen molar-refractivity contribution in [1.29, 1.82) is 0 Å². The maximum absolute atomic E-state index is 5.48. The lowest BCUT2D eigenvalue weighted by molar-refractivity contribution is 0.110. The summed E-state index contributed by atoms with van der Waals surface area (Å²) in [6.07, 6.45) is 3.72. The van der Waals surface area contributed by atoms with Crippen LogP contribution in [0.15, 0.2) is 30.3 Å². The molecule has 0 atom stereocenters. The lowest BCUT2D eigenvalue weighted by atomic mass is 10.2. The summed E-state index contributed by atoms with van der Waals surface area (Å²) in [4.78, 5) is 0. The molecular formula is C13H17O2. The fraction of sp³-hybridized carbons (Fsp3) is 0.308. The van der Waals surface area contributed by atoms with Gasteiger partial charge in [-0.05, 0) is 31.5 Å². The van der Waals surface area contributed by atoms with Crippen LogP contribution in [0.3, 0.4) is 0 Å². The molecule has 0 unspecified atom stereocenters. The molecule has 0 aliphatic heterocycles. The van der Waals surface area contributed by atoms with E-state index in [1.54, 1.807) is 6.08 Å². The number of hydrogen-bond donors (Lipinski definition) is 0. The fourth-order valence-corrected chi connectivity index (χ4v) is 1.17. The Kier molecular flexibility index (Phi) is 5.56. The summed E-state index contributed by atoms with van der Waals surface area (Å²) in [7, 11) is 0. The van der Waals surface area contributed by atoms with Crippen molar-refractivity contribution in [3.63, 3.8) is 0 Å². The minimum Gasteiger partial charge on any atom is -0.491 e. The van der Waals surface area contributed by atoms with Crippen LogP contribution >= 0.6 is 0 Å². The third-order valence-electron chi connectivity index (χ3n) is 1.89. The maximum atomic E-state index is 5.48. The monoisotopic (exact) mass is 205 g/mol. The zero-order chi connectivity index (χ0) is 10.9. The van der Waals surface area contributed by atoms with Crippen molar-refractivity contribution >= 4 is 6.08 Å².